The van der Waals surface area contributed by atoms with Crippen LogP contribution in [0.15, 0.2) is 23.0 Å². The molecule has 0 bridgehead atoms. The molecule has 1 aliphatic rings. The average molecular weight is 303 g/mol. The van der Waals surface area contributed by atoms with Gasteiger partial charge in [-0.05, 0) is 38.8 Å². The molecule has 7 heteroatoms. The van der Waals surface area contributed by atoms with Crippen molar-refractivity contribution < 1.29 is 9.32 Å². The maximum atomic E-state index is 12.1. The number of carbonyl (C=O) groups excluding carboxylic acids is 1. The summed E-state index contributed by atoms with van der Waals surface area (Å²) in [6.45, 7) is 5.96. The molecule has 1 aliphatic heterocycles. The minimum atomic E-state index is -0.0585. The van der Waals surface area contributed by atoms with Gasteiger partial charge in [-0.25, -0.2) is 0 Å². The number of likely N-dealkylation sites (tertiary alicyclic amines) is 1. The summed E-state index contributed by atoms with van der Waals surface area (Å²) in [5, 5.41) is 10.9. The smallest absolute Gasteiger partial charge is 0.239 e. The van der Waals surface area contributed by atoms with E-state index < -0.39 is 0 Å². The van der Waals surface area contributed by atoms with Gasteiger partial charge in [0, 0.05) is 18.3 Å². The fraction of sp³-hybridized carbons (Fsp3) is 0.533. The lowest BCUT2D eigenvalue weighted by Gasteiger charge is -2.23. The van der Waals surface area contributed by atoms with Crippen molar-refractivity contribution in [1.29, 1.82) is 0 Å². The normalized spacial score (nSPS) is 18.7. The molecule has 1 atom stereocenters. The molecule has 118 valence electrons. The molecule has 2 aromatic heterocycles. The minimum absolute atomic E-state index is 0.0585. The van der Waals surface area contributed by atoms with Crippen molar-refractivity contribution in [3.8, 4) is 0 Å². The summed E-state index contributed by atoms with van der Waals surface area (Å²) < 4.78 is 6.90. The van der Waals surface area contributed by atoms with Gasteiger partial charge >= 0.3 is 0 Å². The maximum Gasteiger partial charge on any atom is 0.239 e. The van der Waals surface area contributed by atoms with Gasteiger partial charge in [-0.1, -0.05) is 5.16 Å². The van der Waals surface area contributed by atoms with Gasteiger partial charge in [0.05, 0.1) is 19.3 Å². The molecule has 0 radical (unpaired) electrons. The van der Waals surface area contributed by atoms with Gasteiger partial charge < -0.3 is 9.84 Å². The van der Waals surface area contributed by atoms with Crippen LogP contribution in [0.5, 0.6) is 0 Å². The van der Waals surface area contributed by atoms with Crippen LogP contribution in [-0.2, 0) is 11.3 Å². The standard InChI is InChI=1S/C15H21N5O2/c1-11-7-16-20(8-11)9-13-4-3-5-19(13)10-15(21)17-14-6-12(2)22-18-14/h6-8,13H,3-5,9-10H2,1-2H3,(H,17,18,21)/t13-/m0/s1. The highest BCUT2D eigenvalue weighted by molar-refractivity contribution is 5.91. The lowest BCUT2D eigenvalue weighted by molar-refractivity contribution is -0.117. The maximum absolute atomic E-state index is 12.1. The molecule has 0 saturated carbocycles. The molecule has 7 nitrogen and oxygen atoms in total. The number of hydrogen-bond acceptors (Lipinski definition) is 5. The second-order valence-corrected chi connectivity index (χ2v) is 5.88. The van der Waals surface area contributed by atoms with E-state index in [0.717, 1.165) is 31.5 Å². The lowest BCUT2D eigenvalue weighted by atomic mass is 10.2. The Morgan fingerprint density at radius 2 is 2.36 bits per heavy atom. The number of anilines is 1. The SMILES string of the molecule is Cc1cnn(C[C@@H]2CCCN2CC(=O)Nc2cc(C)on2)c1. The quantitative estimate of drug-likeness (QED) is 0.907. The Balaban J connectivity index is 1.55. The first kappa shape index (κ1) is 14.8. The van der Waals surface area contributed by atoms with Gasteiger partial charge in [-0.3, -0.25) is 14.4 Å². The molecular formula is C15H21N5O2. The van der Waals surface area contributed by atoms with Gasteiger partial charge in [0.2, 0.25) is 5.91 Å². The first-order valence-electron chi connectivity index (χ1n) is 7.56. The third-order valence-electron chi connectivity index (χ3n) is 3.90. The van der Waals surface area contributed by atoms with Crippen molar-refractivity contribution >= 4 is 11.7 Å². The highest BCUT2D eigenvalue weighted by Crippen LogP contribution is 2.19. The van der Waals surface area contributed by atoms with Crippen LogP contribution in [0.4, 0.5) is 5.82 Å². The molecule has 0 aliphatic carbocycles. The molecule has 22 heavy (non-hydrogen) atoms. The van der Waals surface area contributed by atoms with Crippen LogP contribution in [0.25, 0.3) is 0 Å². The summed E-state index contributed by atoms with van der Waals surface area (Å²) in [5.74, 6) is 1.10. The van der Waals surface area contributed by atoms with Gasteiger partial charge in [0.15, 0.2) is 5.82 Å². The number of rotatable bonds is 5. The summed E-state index contributed by atoms with van der Waals surface area (Å²) in [7, 11) is 0. The van der Waals surface area contributed by atoms with E-state index in [0.29, 0.717) is 24.2 Å². The number of aromatic nitrogens is 3. The first-order valence-corrected chi connectivity index (χ1v) is 7.56. The molecular weight excluding hydrogens is 282 g/mol. The van der Waals surface area contributed by atoms with Crippen LogP contribution in [0.3, 0.4) is 0 Å². The Bertz CT molecular complexity index is 648. The third-order valence-corrected chi connectivity index (χ3v) is 3.90. The van der Waals surface area contributed by atoms with Gasteiger partial charge in [0.1, 0.15) is 5.76 Å². The summed E-state index contributed by atoms with van der Waals surface area (Å²) >= 11 is 0. The van der Waals surface area contributed by atoms with E-state index >= 15 is 0 Å². The predicted octanol–water partition coefficient (Wildman–Crippen LogP) is 1.59. The molecule has 2 aromatic rings. The Kier molecular flexibility index (Phi) is 4.24. The Hall–Kier alpha value is -2.15. The van der Waals surface area contributed by atoms with E-state index in [1.165, 1.54) is 0 Å². The van der Waals surface area contributed by atoms with Gasteiger partial charge in [-0.2, -0.15) is 5.10 Å². The fourth-order valence-corrected chi connectivity index (χ4v) is 2.88. The number of aryl methyl sites for hydroxylation is 2. The van der Waals surface area contributed by atoms with Gasteiger partial charge in [0.25, 0.3) is 0 Å². The van der Waals surface area contributed by atoms with E-state index in [-0.39, 0.29) is 5.91 Å². The summed E-state index contributed by atoms with van der Waals surface area (Å²) in [4.78, 5) is 14.3. The zero-order chi connectivity index (χ0) is 15.5. The highest BCUT2D eigenvalue weighted by Gasteiger charge is 2.26. The number of hydrogen-bond donors (Lipinski definition) is 1. The fourth-order valence-electron chi connectivity index (χ4n) is 2.88. The molecule has 1 fully saturated rings. The Morgan fingerprint density at radius 1 is 1.50 bits per heavy atom. The molecule has 1 amide bonds. The summed E-state index contributed by atoms with van der Waals surface area (Å²) in [6.07, 6.45) is 6.10. The van der Waals surface area contributed by atoms with E-state index in [1.807, 2.05) is 24.0 Å². The lowest BCUT2D eigenvalue weighted by Crippen LogP contribution is -2.39. The van der Waals surface area contributed by atoms with Crippen LogP contribution < -0.4 is 5.32 Å². The van der Waals surface area contributed by atoms with Crippen molar-refractivity contribution in [1.82, 2.24) is 19.8 Å². The molecule has 3 heterocycles. The molecule has 0 spiro atoms. The number of nitrogens with one attached hydrogen (secondary N) is 1. The van der Waals surface area contributed by atoms with Crippen molar-refractivity contribution in [2.75, 3.05) is 18.4 Å². The Labute approximate surface area is 129 Å². The van der Waals surface area contributed by atoms with E-state index in [9.17, 15) is 4.79 Å². The van der Waals surface area contributed by atoms with E-state index in [4.69, 9.17) is 4.52 Å². The number of nitrogens with zero attached hydrogens (tertiary/aromatic N) is 4. The van der Waals surface area contributed by atoms with E-state index in [1.54, 1.807) is 13.0 Å². The molecule has 1 N–H and O–H groups in total. The summed E-state index contributed by atoms with van der Waals surface area (Å²) in [6, 6.07) is 2.07. The number of amides is 1. The monoisotopic (exact) mass is 303 g/mol. The summed E-state index contributed by atoms with van der Waals surface area (Å²) in [5.41, 5.74) is 1.16. The van der Waals surface area contributed by atoms with Crippen LogP contribution in [0.2, 0.25) is 0 Å². The molecule has 1 saturated heterocycles. The van der Waals surface area contributed by atoms with Gasteiger partial charge in [-0.15, -0.1) is 0 Å². The molecule has 0 aromatic carbocycles. The number of carbonyl (C=O) groups is 1. The predicted molar refractivity (Wildman–Crippen MR) is 81.4 cm³/mol. The van der Waals surface area contributed by atoms with Crippen LogP contribution in [0, 0.1) is 13.8 Å². The molecule has 0 unspecified atom stereocenters. The second kappa shape index (κ2) is 6.31. The largest absolute Gasteiger partial charge is 0.360 e. The zero-order valence-electron chi connectivity index (χ0n) is 13.0. The van der Waals surface area contributed by atoms with Crippen molar-refractivity contribution in [3.05, 3.63) is 29.8 Å². The third kappa shape index (κ3) is 3.54. The average Bonchev–Trinajstić information content (AvgIpc) is 3.15. The highest BCUT2D eigenvalue weighted by atomic mass is 16.5. The van der Waals surface area contributed by atoms with Crippen molar-refractivity contribution in [2.24, 2.45) is 0 Å². The van der Waals surface area contributed by atoms with Crippen molar-refractivity contribution in [2.45, 2.75) is 39.3 Å². The zero-order valence-corrected chi connectivity index (χ0v) is 13.0. The Morgan fingerprint density at radius 3 is 3.05 bits per heavy atom. The van der Waals surface area contributed by atoms with Crippen LogP contribution in [0.1, 0.15) is 24.2 Å². The first-order chi connectivity index (χ1) is 10.6. The van der Waals surface area contributed by atoms with Crippen molar-refractivity contribution in [3.63, 3.8) is 0 Å². The topological polar surface area (TPSA) is 76.2 Å². The van der Waals surface area contributed by atoms with E-state index in [2.05, 4.69) is 20.5 Å². The minimum Gasteiger partial charge on any atom is -0.360 e. The molecule has 3 rings (SSSR count). The second-order valence-electron chi connectivity index (χ2n) is 5.88. The van der Waals surface area contributed by atoms with Crippen LogP contribution >= 0.6 is 0 Å². The van der Waals surface area contributed by atoms with Crippen LogP contribution in [-0.4, -0.2) is 44.9 Å².